The van der Waals surface area contributed by atoms with Crippen LogP contribution in [0.2, 0.25) is 0 Å². The van der Waals surface area contributed by atoms with Crippen LogP contribution in [0.3, 0.4) is 0 Å². The van der Waals surface area contributed by atoms with Gasteiger partial charge in [-0.25, -0.2) is 0 Å². The van der Waals surface area contributed by atoms with Crippen molar-refractivity contribution in [2.24, 2.45) is 10.9 Å². The summed E-state index contributed by atoms with van der Waals surface area (Å²) in [6.45, 7) is 6.12. The minimum Gasteiger partial charge on any atom is -0.371 e. The number of rotatable bonds is 4. The maximum Gasteiger partial charge on any atom is 0.191 e. The predicted molar refractivity (Wildman–Crippen MR) is 128 cm³/mol. The number of aromatic nitrogens is 3. The Morgan fingerprint density at radius 2 is 1.90 bits per heavy atom. The first-order valence-corrected chi connectivity index (χ1v) is 10.4. The number of benzene rings is 1. The van der Waals surface area contributed by atoms with Crippen LogP contribution in [0.1, 0.15) is 30.9 Å². The molecular weight excluding hydrogens is 477 g/mol. The molecule has 158 valence electrons. The molecular formula is C21H32IN7. The van der Waals surface area contributed by atoms with Crippen LogP contribution in [0.5, 0.6) is 0 Å². The molecule has 1 aromatic carbocycles. The van der Waals surface area contributed by atoms with Crippen molar-refractivity contribution in [3.8, 4) is 0 Å². The number of nitrogens with zero attached hydrogens (tertiary/aromatic N) is 5. The summed E-state index contributed by atoms with van der Waals surface area (Å²) in [5, 5.41) is 15.6. The third-order valence-electron chi connectivity index (χ3n) is 5.97. The molecule has 0 amide bonds. The molecule has 0 radical (unpaired) electrons. The molecule has 1 saturated heterocycles. The lowest BCUT2D eigenvalue weighted by molar-refractivity contribution is 0.357. The Bertz CT molecular complexity index is 797. The zero-order valence-electron chi connectivity index (χ0n) is 17.3. The minimum absolute atomic E-state index is 0. The van der Waals surface area contributed by atoms with Gasteiger partial charge >= 0.3 is 0 Å². The quantitative estimate of drug-likeness (QED) is 0.377. The van der Waals surface area contributed by atoms with E-state index in [0.29, 0.717) is 12.0 Å². The van der Waals surface area contributed by atoms with E-state index in [0.717, 1.165) is 69.5 Å². The van der Waals surface area contributed by atoms with Gasteiger partial charge in [0.25, 0.3) is 0 Å². The van der Waals surface area contributed by atoms with E-state index in [9.17, 15) is 0 Å². The largest absolute Gasteiger partial charge is 0.371 e. The fourth-order valence-corrected chi connectivity index (χ4v) is 4.25. The van der Waals surface area contributed by atoms with Crippen molar-refractivity contribution in [2.45, 2.75) is 45.2 Å². The smallest absolute Gasteiger partial charge is 0.191 e. The number of nitrogens with one attached hydrogen (secondary N) is 2. The van der Waals surface area contributed by atoms with Crippen LogP contribution in [-0.2, 0) is 13.0 Å². The lowest BCUT2D eigenvalue weighted by Crippen LogP contribution is -2.49. The van der Waals surface area contributed by atoms with E-state index < -0.39 is 0 Å². The molecule has 4 rings (SSSR count). The topological polar surface area (TPSA) is 70.4 Å². The van der Waals surface area contributed by atoms with Crippen LogP contribution in [0.15, 0.2) is 35.3 Å². The van der Waals surface area contributed by atoms with E-state index in [1.165, 1.54) is 5.69 Å². The normalized spacial score (nSPS) is 20.0. The van der Waals surface area contributed by atoms with Gasteiger partial charge in [0.1, 0.15) is 11.6 Å². The van der Waals surface area contributed by atoms with Crippen LogP contribution in [-0.4, -0.2) is 53.4 Å². The number of aliphatic imine (C=N–C) groups is 1. The first-order chi connectivity index (χ1) is 13.7. The number of para-hydroxylation sites is 1. The summed E-state index contributed by atoms with van der Waals surface area (Å²) < 4.78 is 2.26. The van der Waals surface area contributed by atoms with Gasteiger partial charge in [-0.3, -0.25) is 4.99 Å². The number of aryl methyl sites for hydroxylation is 2. The molecule has 1 unspecified atom stereocenters. The van der Waals surface area contributed by atoms with Crippen LogP contribution in [0, 0.1) is 12.8 Å². The summed E-state index contributed by atoms with van der Waals surface area (Å²) in [7, 11) is 1.86. The Hall–Kier alpha value is -1.84. The number of hydrogen-bond acceptors (Lipinski definition) is 4. The van der Waals surface area contributed by atoms with E-state index in [1.54, 1.807) is 0 Å². The zero-order valence-corrected chi connectivity index (χ0v) is 19.7. The van der Waals surface area contributed by atoms with Gasteiger partial charge in [-0.15, -0.1) is 34.2 Å². The lowest BCUT2D eigenvalue weighted by Gasteiger charge is -2.34. The van der Waals surface area contributed by atoms with Gasteiger partial charge in [0.2, 0.25) is 0 Å². The number of piperidine rings is 1. The Labute approximate surface area is 190 Å². The second-order valence-electron chi connectivity index (χ2n) is 7.87. The third kappa shape index (κ3) is 5.40. The minimum atomic E-state index is 0. The summed E-state index contributed by atoms with van der Waals surface area (Å²) >= 11 is 0. The molecule has 29 heavy (non-hydrogen) atoms. The summed E-state index contributed by atoms with van der Waals surface area (Å²) in [4.78, 5) is 6.91. The van der Waals surface area contributed by atoms with Crippen molar-refractivity contribution in [1.29, 1.82) is 0 Å². The Kier molecular flexibility index (Phi) is 7.74. The molecule has 2 aliphatic heterocycles. The first-order valence-electron chi connectivity index (χ1n) is 10.4. The molecule has 1 atom stereocenters. The molecule has 0 bridgehead atoms. The van der Waals surface area contributed by atoms with Gasteiger partial charge in [-0.1, -0.05) is 18.2 Å². The van der Waals surface area contributed by atoms with Crippen LogP contribution >= 0.6 is 24.0 Å². The van der Waals surface area contributed by atoms with Crippen LogP contribution in [0.4, 0.5) is 5.69 Å². The number of anilines is 1. The van der Waals surface area contributed by atoms with Gasteiger partial charge in [-0.2, -0.15) is 0 Å². The number of guanidine groups is 1. The number of hydrogen-bond donors (Lipinski definition) is 2. The molecule has 0 aliphatic carbocycles. The Morgan fingerprint density at radius 3 is 2.62 bits per heavy atom. The molecule has 0 spiro atoms. The highest BCUT2D eigenvalue weighted by Crippen LogP contribution is 2.20. The molecule has 0 saturated carbocycles. The second-order valence-corrected chi connectivity index (χ2v) is 7.87. The molecule has 2 aliphatic rings. The van der Waals surface area contributed by atoms with Crippen molar-refractivity contribution in [1.82, 2.24) is 25.4 Å². The standard InChI is InChI=1S/C21H31N7.HI/c1-16-25-26-20-9-8-17(15-28(16)20)14-23-21(22-2)24-18-10-12-27(13-11-18)19-6-4-3-5-7-19;/h3-7,17-18H,8-15H2,1-2H3,(H2,22,23,24);1H. The van der Waals surface area contributed by atoms with Gasteiger partial charge in [0, 0.05) is 51.4 Å². The van der Waals surface area contributed by atoms with Gasteiger partial charge in [0.15, 0.2) is 5.96 Å². The van der Waals surface area contributed by atoms with E-state index in [1.807, 2.05) is 14.0 Å². The molecule has 3 heterocycles. The number of halogens is 1. The zero-order chi connectivity index (χ0) is 19.3. The van der Waals surface area contributed by atoms with E-state index in [4.69, 9.17) is 0 Å². The van der Waals surface area contributed by atoms with Crippen molar-refractivity contribution < 1.29 is 0 Å². The first kappa shape index (κ1) is 21.9. The fraction of sp³-hybridized carbons (Fsp3) is 0.571. The fourth-order valence-electron chi connectivity index (χ4n) is 4.25. The number of fused-ring (bicyclic) bond motifs is 1. The third-order valence-corrected chi connectivity index (χ3v) is 5.97. The van der Waals surface area contributed by atoms with E-state index in [2.05, 4.69) is 65.6 Å². The second kappa shape index (κ2) is 10.3. The van der Waals surface area contributed by atoms with Crippen molar-refractivity contribution in [3.63, 3.8) is 0 Å². The Balaban J connectivity index is 0.00000240. The molecule has 2 N–H and O–H groups in total. The monoisotopic (exact) mass is 509 g/mol. The SMILES string of the molecule is CN=C(NCC1CCc2nnc(C)n2C1)NC1CCN(c2ccccc2)CC1.I. The van der Waals surface area contributed by atoms with E-state index in [-0.39, 0.29) is 24.0 Å². The summed E-state index contributed by atoms with van der Waals surface area (Å²) in [5.41, 5.74) is 1.32. The van der Waals surface area contributed by atoms with Crippen LogP contribution in [0.25, 0.3) is 0 Å². The van der Waals surface area contributed by atoms with Crippen molar-refractivity contribution in [3.05, 3.63) is 42.0 Å². The highest BCUT2D eigenvalue weighted by Gasteiger charge is 2.23. The highest BCUT2D eigenvalue weighted by molar-refractivity contribution is 14.0. The van der Waals surface area contributed by atoms with Gasteiger partial charge in [-0.05, 0) is 44.2 Å². The van der Waals surface area contributed by atoms with E-state index >= 15 is 0 Å². The molecule has 7 nitrogen and oxygen atoms in total. The average molecular weight is 509 g/mol. The summed E-state index contributed by atoms with van der Waals surface area (Å²) in [6.07, 6.45) is 4.42. The summed E-state index contributed by atoms with van der Waals surface area (Å²) in [5.74, 6) is 3.65. The lowest BCUT2D eigenvalue weighted by atomic mass is 9.99. The van der Waals surface area contributed by atoms with Gasteiger partial charge in [0.05, 0.1) is 0 Å². The maximum atomic E-state index is 4.44. The molecule has 8 heteroatoms. The van der Waals surface area contributed by atoms with Crippen molar-refractivity contribution >= 4 is 35.6 Å². The van der Waals surface area contributed by atoms with Crippen LogP contribution < -0.4 is 15.5 Å². The Morgan fingerprint density at radius 1 is 1.14 bits per heavy atom. The molecule has 2 aromatic rings. The molecule has 1 fully saturated rings. The molecule has 1 aromatic heterocycles. The van der Waals surface area contributed by atoms with Gasteiger partial charge < -0.3 is 20.1 Å². The maximum absolute atomic E-state index is 4.44. The highest BCUT2D eigenvalue weighted by atomic mass is 127. The predicted octanol–water partition coefficient (Wildman–Crippen LogP) is 2.60. The summed E-state index contributed by atoms with van der Waals surface area (Å²) in [6, 6.07) is 11.2. The van der Waals surface area contributed by atoms with Crippen molar-refractivity contribution in [2.75, 3.05) is 31.6 Å². The average Bonchev–Trinajstić information content (AvgIpc) is 3.12.